The van der Waals surface area contributed by atoms with E-state index in [2.05, 4.69) is 32.7 Å². The van der Waals surface area contributed by atoms with Gasteiger partial charge in [-0.05, 0) is 23.0 Å². The van der Waals surface area contributed by atoms with Crippen molar-refractivity contribution in [1.82, 2.24) is 4.98 Å². The summed E-state index contributed by atoms with van der Waals surface area (Å²) in [6.07, 6.45) is 1.84. The summed E-state index contributed by atoms with van der Waals surface area (Å²) in [7, 11) is 0. The Bertz CT molecular complexity index is 336. The SMILES string of the molecule is CC(C)c1c[nH]c(=O)cc1C(C)C. The van der Waals surface area contributed by atoms with Crippen molar-refractivity contribution in [2.45, 2.75) is 39.5 Å². The summed E-state index contributed by atoms with van der Waals surface area (Å²) in [5.41, 5.74) is 2.40. The lowest BCUT2D eigenvalue weighted by Crippen LogP contribution is -2.10. The maximum absolute atomic E-state index is 11.1. The number of H-pyrrole nitrogens is 1. The van der Waals surface area contributed by atoms with Gasteiger partial charge in [0.25, 0.3) is 0 Å². The Morgan fingerprint density at radius 3 is 2.08 bits per heavy atom. The first-order chi connectivity index (χ1) is 6.02. The minimum absolute atomic E-state index is 0.00639. The second-order valence-electron chi connectivity index (χ2n) is 4.02. The summed E-state index contributed by atoms with van der Waals surface area (Å²) in [4.78, 5) is 13.8. The number of pyridine rings is 1. The van der Waals surface area contributed by atoms with Gasteiger partial charge in [0, 0.05) is 12.3 Å². The predicted molar refractivity (Wildman–Crippen MR) is 55.2 cm³/mol. The van der Waals surface area contributed by atoms with Crippen LogP contribution in [0.1, 0.15) is 50.7 Å². The molecule has 1 aromatic heterocycles. The monoisotopic (exact) mass is 179 g/mol. The van der Waals surface area contributed by atoms with E-state index in [-0.39, 0.29) is 5.56 Å². The molecular formula is C11H17NO. The fourth-order valence-electron chi connectivity index (χ4n) is 1.50. The van der Waals surface area contributed by atoms with Crippen LogP contribution in [0.2, 0.25) is 0 Å². The third kappa shape index (κ3) is 2.20. The number of aromatic amines is 1. The molecule has 0 amide bonds. The van der Waals surface area contributed by atoms with Crippen LogP contribution in [0.3, 0.4) is 0 Å². The van der Waals surface area contributed by atoms with Crippen molar-refractivity contribution in [3.8, 4) is 0 Å². The molecule has 0 saturated heterocycles. The van der Waals surface area contributed by atoms with Gasteiger partial charge in [-0.1, -0.05) is 27.7 Å². The molecule has 0 aliphatic heterocycles. The highest BCUT2D eigenvalue weighted by atomic mass is 16.1. The largest absolute Gasteiger partial charge is 0.329 e. The molecule has 0 unspecified atom stereocenters. The molecule has 0 aliphatic carbocycles. The van der Waals surface area contributed by atoms with Gasteiger partial charge < -0.3 is 4.98 Å². The molecule has 0 saturated carbocycles. The van der Waals surface area contributed by atoms with Crippen molar-refractivity contribution in [2.75, 3.05) is 0 Å². The van der Waals surface area contributed by atoms with Gasteiger partial charge in [0.05, 0.1) is 0 Å². The molecule has 0 bridgehead atoms. The summed E-state index contributed by atoms with van der Waals surface area (Å²) in [5.74, 6) is 0.883. The van der Waals surface area contributed by atoms with Gasteiger partial charge in [0.1, 0.15) is 0 Å². The van der Waals surface area contributed by atoms with E-state index >= 15 is 0 Å². The van der Waals surface area contributed by atoms with Crippen LogP contribution >= 0.6 is 0 Å². The van der Waals surface area contributed by atoms with Crippen molar-refractivity contribution in [3.63, 3.8) is 0 Å². The van der Waals surface area contributed by atoms with Crippen LogP contribution in [0, 0.1) is 0 Å². The average molecular weight is 179 g/mol. The molecule has 72 valence electrons. The molecule has 1 aromatic rings. The molecule has 1 rings (SSSR count). The molecule has 0 fully saturated rings. The molecule has 0 aromatic carbocycles. The smallest absolute Gasteiger partial charge is 0.248 e. The number of rotatable bonds is 2. The van der Waals surface area contributed by atoms with Gasteiger partial charge in [-0.15, -0.1) is 0 Å². The number of hydrogen-bond acceptors (Lipinski definition) is 1. The van der Waals surface area contributed by atoms with Gasteiger partial charge in [-0.2, -0.15) is 0 Å². The van der Waals surface area contributed by atoms with Crippen LogP contribution in [-0.2, 0) is 0 Å². The summed E-state index contributed by atoms with van der Waals surface area (Å²) < 4.78 is 0. The predicted octanol–water partition coefficient (Wildman–Crippen LogP) is 2.62. The Labute approximate surface area is 79.0 Å². The van der Waals surface area contributed by atoms with E-state index in [4.69, 9.17) is 0 Å². The normalized spacial score (nSPS) is 11.2. The molecule has 2 nitrogen and oxygen atoms in total. The molecule has 0 spiro atoms. The third-order valence-electron chi connectivity index (χ3n) is 2.23. The maximum Gasteiger partial charge on any atom is 0.248 e. The standard InChI is InChI=1S/C11H17NO/c1-7(2)9-5-11(13)12-6-10(9)8(3)4/h5-8H,1-4H3,(H,12,13). The Balaban J connectivity index is 3.27. The Morgan fingerprint density at radius 2 is 1.62 bits per heavy atom. The molecule has 1 heterocycles. The highest BCUT2D eigenvalue weighted by Crippen LogP contribution is 2.23. The van der Waals surface area contributed by atoms with Crippen molar-refractivity contribution >= 4 is 0 Å². The zero-order chi connectivity index (χ0) is 10.0. The summed E-state index contributed by atoms with van der Waals surface area (Å²) in [6.45, 7) is 8.50. The number of hydrogen-bond donors (Lipinski definition) is 1. The van der Waals surface area contributed by atoms with Gasteiger partial charge in [0.2, 0.25) is 5.56 Å². The first-order valence-corrected chi connectivity index (χ1v) is 4.75. The van der Waals surface area contributed by atoms with Gasteiger partial charge in [-0.3, -0.25) is 4.79 Å². The lowest BCUT2D eigenvalue weighted by Gasteiger charge is -2.14. The minimum Gasteiger partial charge on any atom is -0.329 e. The molecule has 13 heavy (non-hydrogen) atoms. The van der Waals surface area contributed by atoms with Crippen LogP contribution in [0.25, 0.3) is 0 Å². The van der Waals surface area contributed by atoms with Gasteiger partial charge >= 0.3 is 0 Å². The summed E-state index contributed by atoms with van der Waals surface area (Å²) in [6, 6.07) is 1.71. The van der Waals surface area contributed by atoms with E-state index in [0.717, 1.165) is 0 Å². The van der Waals surface area contributed by atoms with E-state index < -0.39 is 0 Å². The van der Waals surface area contributed by atoms with E-state index in [1.54, 1.807) is 6.07 Å². The second kappa shape index (κ2) is 3.77. The fourth-order valence-corrected chi connectivity index (χ4v) is 1.50. The number of aromatic nitrogens is 1. The highest BCUT2D eigenvalue weighted by molar-refractivity contribution is 5.28. The van der Waals surface area contributed by atoms with Gasteiger partial charge in [-0.25, -0.2) is 0 Å². The number of nitrogens with one attached hydrogen (secondary N) is 1. The van der Waals surface area contributed by atoms with Crippen molar-refractivity contribution < 1.29 is 0 Å². The summed E-state index contributed by atoms with van der Waals surface area (Å²) >= 11 is 0. The first-order valence-electron chi connectivity index (χ1n) is 4.75. The molecule has 2 heteroatoms. The topological polar surface area (TPSA) is 32.9 Å². The van der Waals surface area contributed by atoms with Crippen molar-refractivity contribution in [3.05, 3.63) is 33.7 Å². The highest BCUT2D eigenvalue weighted by Gasteiger charge is 2.09. The van der Waals surface area contributed by atoms with Crippen LogP contribution in [0.4, 0.5) is 0 Å². The van der Waals surface area contributed by atoms with Crippen molar-refractivity contribution in [1.29, 1.82) is 0 Å². The second-order valence-corrected chi connectivity index (χ2v) is 4.02. The zero-order valence-electron chi connectivity index (χ0n) is 8.72. The third-order valence-corrected chi connectivity index (χ3v) is 2.23. The summed E-state index contributed by atoms with van der Waals surface area (Å²) in [5, 5.41) is 0. The Hall–Kier alpha value is -1.05. The van der Waals surface area contributed by atoms with E-state index in [0.29, 0.717) is 11.8 Å². The van der Waals surface area contributed by atoms with Crippen LogP contribution < -0.4 is 5.56 Å². The Kier molecular flexibility index (Phi) is 2.91. The van der Waals surface area contributed by atoms with E-state index in [1.165, 1.54) is 11.1 Å². The Morgan fingerprint density at radius 1 is 1.08 bits per heavy atom. The zero-order valence-corrected chi connectivity index (χ0v) is 8.72. The molecule has 1 N–H and O–H groups in total. The quantitative estimate of drug-likeness (QED) is 0.743. The van der Waals surface area contributed by atoms with Crippen LogP contribution in [0.15, 0.2) is 17.1 Å². The molecule has 0 radical (unpaired) electrons. The van der Waals surface area contributed by atoms with Crippen LogP contribution in [-0.4, -0.2) is 4.98 Å². The molecule has 0 atom stereocenters. The lowest BCUT2D eigenvalue weighted by molar-refractivity contribution is 0.779. The molecule has 0 aliphatic rings. The first kappa shape index (κ1) is 10.0. The van der Waals surface area contributed by atoms with Crippen LogP contribution in [0.5, 0.6) is 0 Å². The average Bonchev–Trinajstić information content (AvgIpc) is 2.03. The van der Waals surface area contributed by atoms with E-state index in [9.17, 15) is 4.79 Å². The van der Waals surface area contributed by atoms with Crippen molar-refractivity contribution in [2.24, 2.45) is 0 Å². The fraction of sp³-hybridized carbons (Fsp3) is 0.545. The maximum atomic E-state index is 11.1. The minimum atomic E-state index is -0.00639. The lowest BCUT2D eigenvalue weighted by atomic mass is 9.93. The van der Waals surface area contributed by atoms with Gasteiger partial charge in [0.15, 0.2) is 0 Å². The van der Waals surface area contributed by atoms with E-state index in [1.807, 2.05) is 6.20 Å². The molecular weight excluding hydrogens is 162 g/mol.